The predicted octanol–water partition coefficient (Wildman–Crippen LogP) is 5.95. The third-order valence-corrected chi connectivity index (χ3v) is 6.51. The molecule has 3 aromatic rings. The number of ether oxygens (including phenoxy) is 2. The van der Waals surface area contributed by atoms with Crippen LogP contribution >= 0.6 is 11.3 Å². The first-order chi connectivity index (χ1) is 16.0. The number of esters is 1. The molecule has 1 atom stereocenters. The molecule has 0 aliphatic heterocycles. The van der Waals surface area contributed by atoms with E-state index < -0.39 is 12.1 Å². The van der Waals surface area contributed by atoms with Gasteiger partial charge in [-0.15, -0.1) is 11.3 Å². The highest BCUT2D eigenvalue weighted by Crippen LogP contribution is 2.44. The number of thiazole rings is 1. The molecule has 2 aromatic carbocycles. The number of rotatable bonds is 8. The number of aromatic nitrogens is 1. The first-order valence-corrected chi connectivity index (χ1v) is 12.1. The first kappa shape index (κ1) is 23.0. The van der Waals surface area contributed by atoms with Gasteiger partial charge in [0.1, 0.15) is 6.61 Å². The molecule has 4 rings (SSSR count). The number of amides is 1. The van der Waals surface area contributed by atoms with Crippen LogP contribution in [0, 0.1) is 5.92 Å². The van der Waals surface area contributed by atoms with Crippen molar-refractivity contribution >= 4 is 23.4 Å². The number of nitrogens with zero attached hydrogens (tertiary/aromatic N) is 1. The Kier molecular flexibility index (Phi) is 7.08. The molecule has 0 unspecified atom stereocenters. The van der Waals surface area contributed by atoms with Gasteiger partial charge in [-0.05, 0) is 41.5 Å². The second-order valence-corrected chi connectivity index (χ2v) is 9.31. The molecule has 7 heteroatoms. The van der Waals surface area contributed by atoms with E-state index in [1.54, 1.807) is 12.3 Å². The number of nitrogens with one attached hydrogen (secondary N) is 1. The van der Waals surface area contributed by atoms with Crippen LogP contribution in [-0.4, -0.2) is 30.3 Å². The van der Waals surface area contributed by atoms with Crippen LogP contribution < -0.4 is 5.32 Å². The number of hydrogen-bond donors (Lipinski definition) is 1. The van der Waals surface area contributed by atoms with E-state index in [-0.39, 0.29) is 23.6 Å². The number of benzene rings is 2. The van der Waals surface area contributed by atoms with Crippen LogP contribution in [0.3, 0.4) is 0 Å². The summed E-state index contributed by atoms with van der Waals surface area (Å²) in [6.45, 7) is 6.45. The lowest BCUT2D eigenvalue weighted by molar-refractivity contribution is 0.0525. The summed E-state index contributed by atoms with van der Waals surface area (Å²) in [7, 11) is 0. The summed E-state index contributed by atoms with van der Waals surface area (Å²) in [5.41, 5.74) is 5.36. The second-order valence-electron chi connectivity index (χ2n) is 8.45. The van der Waals surface area contributed by atoms with Crippen LogP contribution in [0.5, 0.6) is 0 Å². The van der Waals surface area contributed by atoms with Crippen LogP contribution in [0.25, 0.3) is 11.1 Å². The van der Waals surface area contributed by atoms with Crippen molar-refractivity contribution in [2.75, 3.05) is 13.2 Å². The van der Waals surface area contributed by atoms with Gasteiger partial charge in [-0.3, -0.25) is 0 Å². The van der Waals surface area contributed by atoms with E-state index in [0.29, 0.717) is 24.6 Å². The van der Waals surface area contributed by atoms with Crippen molar-refractivity contribution in [1.29, 1.82) is 0 Å². The van der Waals surface area contributed by atoms with E-state index in [9.17, 15) is 9.59 Å². The fourth-order valence-corrected chi connectivity index (χ4v) is 5.00. The maximum Gasteiger partial charge on any atom is 0.407 e. The molecule has 0 radical (unpaired) electrons. The largest absolute Gasteiger partial charge is 0.461 e. The summed E-state index contributed by atoms with van der Waals surface area (Å²) < 4.78 is 10.7. The Labute approximate surface area is 198 Å². The van der Waals surface area contributed by atoms with Crippen molar-refractivity contribution in [2.45, 2.75) is 39.2 Å². The van der Waals surface area contributed by atoms with Gasteiger partial charge in [-0.1, -0.05) is 62.4 Å². The van der Waals surface area contributed by atoms with Gasteiger partial charge in [0, 0.05) is 11.3 Å². The van der Waals surface area contributed by atoms with Crippen molar-refractivity contribution < 1.29 is 19.1 Å². The maximum absolute atomic E-state index is 12.8. The van der Waals surface area contributed by atoms with E-state index in [0.717, 1.165) is 0 Å². The molecule has 1 heterocycles. The minimum Gasteiger partial charge on any atom is -0.461 e. The van der Waals surface area contributed by atoms with Gasteiger partial charge in [0.05, 0.1) is 18.3 Å². The van der Waals surface area contributed by atoms with Gasteiger partial charge in [0.2, 0.25) is 5.01 Å². The number of alkyl carbamates (subject to hydrolysis) is 1. The van der Waals surface area contributed by atoms with Crippen LogP contribution in [0.4, 0.5) is 4.79 Å². The summed E-state index contributed by atoms with van der Waals surface area (Å²) in [5, 5.41) is 5.03. The van der Waals surface area contributed by atoms with Crippen molar-refractivity contribution in [3.05, 3.63) is 75.7 Å². The topological polar surface area (TPSA) is 77.5 Å². The summed E-state index contributed by atoms with van der Waals surface area (Å²) >= 11 is 1.22. The van der Waals surface area contributed by atoms with E-state index in [1.807, 2.05) is 24.3 Å². The third-order valence-electron chi connectivity index (χ3n) is 5.67. The quantitative estimate of drug-likeness (QED) is 0.417. The van der Waals surface area contributed by atoms with Gasteiger partial charge in [0.15, 0.2) is 0 Å². The van der Waals surface area contributed by atoms with Crippen molar-refractivity contribution in [2.24, 2.45) is 5.92 Å². The van der Waals surface area contributed by atoms with Crippen molar-refractivity contribution in [1.82, 2.24) is 10.3 Å². The molecular weight excluding hydrogens is 436 g/mol. The van der Waals surface area contributed by atoms with Crippen LogP contribution in [-0.2, 0) is 9.47 Å². The van der Waals surface area contributed by atoms with E-state index >= 15 is 0 Å². The highest BCUT2D eigenvalue weighted by molar-refractivity contribution is 7.11. The standard InChI is InChI=1S/C26H28N2O4S/c1-4-31-25(29)24-27-23(15-33-24)22(13-16(2)3)28-26(30)32-14-21-19-11-7-5-9-17(19)18-10-6-8-12-20(18)21/h5-12,15-16,21-22H,4,13-14H2,1-3H3,(H,28,30)/t22-/m0/s1. The average molecular weight is 465 g/mol. The number of carbonyl (C=O) groups is 2. The van der Waals surface area contributed by atoms with Crippen LogP contribution in [0.2, 0.25) is 0 Å². The molecule has 0 saturated carbocycles. The zero-order valence-corrected chi connectivity index (χ0v) is 19.9. The first-order valence-electron chi connectivity index (χ1n) is 11.2. The molecule has 0 saturated heterocycles. The van der Waals surface area contributed by atoms with Crippen LogP contribution in [0.1, 0.15) is 65.8 Å². The van der Waals surface area contributed by atoms with E-state index in [2.05, 4.69) is 48.4 Å². The zero-order chi connectivity index (χ0) is 23.4. The molecule has 1 aliphatic rings. The molecule has 1 N–H and O–H groups in total. The lowest BCUT2D eigenvalue weighted by Gasteiger charge is -2.20. The highest BCUT2D eigenvalue weighted by atomic mass is 32.1. The molecule has 1 aliphatic carbocycles. The SMILES string of the molecule is CCOC(=O)c1nc([C@H](CC(C)C)NC(=O)OCC2c3ccccc3-c3ccccc32)cs1. The van der Waals surface area contributed by atoms with E-state index in [1.165, 1.54) is 33.6 Å². The Balaban J connectivity index is 1.45. The molecule has 6 nitrogen and oxygen atoms in total. The van der Waals surface area contributed by atoms with E-state index in [4.69, 9.17) is 9.47 Å². The summed E-state index contributed by atoms with van der Waals surface area (Å²) in [6.07, 6.45) is 0.184. The van der Waals surface area contributed by atoms with Crippen LogP contribution in [0.15, 0.2) is 53.9 Å². The molecule has 1 aromatic heterocycles. The van der Waals surface area contributed by atoms with Gasteiger partial charge >= 0.3 is 12.1 Å². The summed E-state index contributed by atoms with van der Waals surface area (Å²) in [6, 6.07) is 16.1. The minimum absolute atomic E-state index is 0.00129. The lowest BCUT2D eigenvalue weighted by atomic mass is 9.98. The number of fused-ring (bicyclic) bond motifs is 3. The Bertz CT molecular complexity index is 1100. The Morgan fingerprint density at radius 2 is 1.67 bits per heavy atom. The number of hydrogen-bond acceptors (Lipinski definition) is 6. The summed E-state index contributed by atoms with van der Waals surface area (Å²) in [4.78, 5) is 29.2. The molecule has 0 spiro atoms. The monoisotopic (exact) mass is 464 g/mol. The fraction of sp³-hybridized carbons (Fsp3) is 0.346. The summed E-state index contributed by atoms with van der Waals surface area (Å²) in [5.74, 6) is -0.129. The molecule has 172 valence electrons. The minimum atomic E-state index is -0.492. The zero-order valence-electron chi connectivity index (χ0n) is 19.0. The van der Waals surface area contributed by atoms with Gasteiger partial charge in [0.25, 0.3) is 0 Å². The van der Waals surface area contributed by atoms with Gasteiger partial charge in [-0.2, -0.15) is 0 Å². The maximum atomic E-state index is 12.8. The second kappa shape index (κ2) is 10.2. The molecule has 1 amide bonds. The average Bonchev–Trinajstić information content (AvgIpc) is 3.41. The number of carbonyl (C=O) groups excluding carboxylic acids is 2. The third kappa shape index (κ3) is 5.09. The molecule has 0 fully saturated rings. The van der Waals surface area contributed by atoms with Gasteiger partial charge < -0.3 is 14.8 Å². The fourth-order valence-electron chi connectivity index (χ4n) is 4.24. The van der Waals surface area contributed by atoms with Crippen molar-refractivity contribution in [3.63, 3.8) is 0 Å². The normalized spacial score (nSPS) is 13.3. The Hall–Kier alpha value is -3.19. The van der Waals surface area contributed by atoms with Gasteiger partial charge in [-0.25, -0.2) is 14.6 Å². The Morgan fingerprint density at radius 1 is 1.03 bits per heavy atom. The highest BCUT2D eigenvalue weighted by Gasteiger charge is 2.29. The Morgan fingerprint density at radius 3 is 2.27 bits per heavy atom. The molecular formula is C26H28N2O4S. The van der Waals surface area contributed by atoms with Crippen molar-refractivity contribution in [3.8, 4) is 11.1 Å². The lowest BCUT2D eigenvalue weighted by Crippen LogP contribution is -2.31. The smallest absolute Gasteiger partial charge is 0.407 e. The molecule has 0 bridgehead atoms. The predicted molar refractivity (Wildman–Crippen MR) is 128 cm³/mol. The molecule has 33 heavy (non-hydrogen) atoms.